The molecule has 2 saturated heterocycles. The molecule has 6 heteroatoms. The SMILES string of the molecule is C[C@H](NC(=O)CN1C2COCC1C2)C(=O)OCc1ccccc1. The first-order valence-electron chi connectivity index (χ1n) is 7.97. The first-order chi connectivity index (χ1) is 11.1. The number of carbonyl (C=O) groups is 2. The number of hydrogen-bond donors (Lipinski definition) is 1. The van der Waals surface area contributed by atoms with Gasteiger partial charge in [0.1, 0.15) is 12.6 Å². The van der Waals surface area contributed by atoms with Gasteiger partial charge in [-0.15, -0.1) is 0 Å². The van der Waals surface area contributed by atoms with Gasteiger partial charge in [0.05, 0.1) is 19.8 Å². The standard InChI is InChI=1S/C17H22N2O4/c1-12(17(21)23-9-13-5-3-2-4-6-13)18-16(20)8-19-14-7-15(19)11-22-10-14/h2-6,12,14-15H,7-11H2,1H3,(H,18,20)/t12-,14?,15?/m0/s1. The van der Waals surface area contributed by atoms with E-state index in [1.54, 1.807) is 6.92 Å². The van der Waals surface area contributed by atoms with Crippen LogP contribution >= 0.6 is 0 Å². The Bertz CT molecular complexity index is 549. The summed E-state index contributed by atoms with van der Waals surface area (Å²) in [7, 11) is 0. The number of nitrogens with one attached hydrogen (secondary N) is 1. The Hall–Kier alpha value is -1.92. The summed E-state index contributed by atoms with van der Waals surface area (Å²) < 4.78 is 10.6. The third kappa shape index (κ3) is 3.89. The van der Waals surface area contributed by atoms with Gasteiger partial charge in [0.15, 0.2) is 0 Å². The number of morpholine rings is 1. The minimum atomic E-state index is -0.649. The smallest absolute Gasteiger partial charge is 0.328 e. The maximum absolute atomic E-state index is 12.1. The van der Waals surface area contributed by atoms with E-state index in [0.29, 0.717) is 31.8 Å². The molecule has 2 unspecified atom stereocenters. The molecule has 0 aromatic heterocycles. The number of hydrogen-bond acceptors (Lipinski definition) is 5. The monoisotopic (exact) mass is 318 g/mol. The molecule has 1 aromatic rings. The summed E-state index contributed by atoms with van der Waals surface area (Å²) in [6.45, 7) is 3.56. The molecule has 23 heavy (non-hydrogen) atoms. The van der Waals surface area contributed by atoms with Gasteiger partial charge in [0.25, 0.3) is 0 Å². The third-order valence-corrected chi connectivity index (χ3v) is 4.38. The fourth-order valence-electron chi connectivity index (χ4n) is 3.04. The largest absolute Gasteiger partial charge is 0.459 e. The molecule has 0 aliphatic carbocycles. The lowest BCUT2D eigenvalue weighted by molar-refractivity contribution is -0.152. The van der Waals surface area contributed by atoms with Crippen LogP contribution in [0.15, 0.2) is 30.3 Å². The molecule has 2 aliphatic heterocycles. The Morgan fingerprint density at radius 3 is 2.65 bits per heavy atom. The van der Waals surface area contributed by atoms with Gasteiger partial charge in [0.2, 0.25) is 5.91 Å². The lowest BCUT2D eigenvalue weighted by atomic mass is 9.91. The van der Waals surface area contributed by atoms with Crippen molar-refractivity contribution >= 4 is 11.9 Å². The summed E-state index contributed by atoms with van der Waals surface area (Å²) in [6.07, 6.45) is 1.10. The number of rotatable bonds is 6. The molecule has 3 atom stereocenters. The minimum Gasteiger partial charge on any atom is -0.459 e. The van der Waals surface area contributed by atoms with E-state index in [0.717, 1.165) is 12.0 Å². The lowest BCUT2D eigenvalue weighted by Crippen LogP contribution is -2.65. The van der Waals surface area contributed by atoms with Crippen molar-refractivity contribution in [1.29, 1.82) is 0 Å². The molecule has 6 nitrogen and oxygen atoms in total. The zero-order chi connectivity index (χ0) is 16.2. The van der Waals surface area contributed by atoms with Crippen LogP contribution < -0.4 is 5.32 Å². The number of fused-ring (bicyclic) bond motifs is 2. The van der Waals surface area contributed by atoms with Gasteiger partial charge in [-0.2, -0.15) is 0 Å². The average molecular weight is 318 g/mol. The van der Waals surface area contributed by atoms with E-state index in [9.17, 15) is 9.59 Å². The Morgan fingerprint density at radius 1 is 1.30 bits per heavy atom. The zero-order valence-electron chi connectivity index (χ0n) is 13.2. The van der Waals surface area contributed by atoms with E-state index in [4.69, 9.17) is 9.47 Å². The molecule has 2 fully saturated rings. The third-order valence-electron chi connectivity index (χ3n) is 4.38. The summed E-state index contributed by atoms with van der Waals surface area (Å²) in [5.41, 5.74) is 0.924. The van der Waals surface area contributed by atoms with Crippen LogP contribution in [-0.2, 0) is 25.7 Å². The maximum Gasteiger partial charge on any atom is 0.328 e. The van der Waals surface area contributed by atoms with Gasteiger partial charge in [-0.3, -0.25) is 9.69 Å². The van der Waals surface area contributed by atoms with Gasteiger partial charge >= 0.3 is 5.97 Å². The van der Waals surface area contributed by atoms with E-state index in [1.807, 2.05) is 30.3 Å². The molecule has 1 amide bonds. The lowest BCUT2D eigenvalue weighted by Gasteiger charge is -2.52. The van der Waals surface area contributed by atoms with Crippen molar-refractivity contribution in [3.05, 3.63) is 35.9 Å². The van der Waals surface area contributed by atoms with Crippen molar-refractivity contribution in [2.24, 2.45) is 0 Å². The molecule has 2 aliphatic rings. The van der Waals surface area contributed by atoms with E-state index in [1.165, 1.54) is 0 Å². The van der Waals surface area contributed by atoms with Crippen molar-refractivity contribution in [2.75, 3.05) is 19.8 Å². The van der Waals surface area contributed by atoms with Gasteiger partial charge in [-0.1, -0.05) is 30.3 Å². The zero-order valence-corrected chi connectivity index (χ0v) is 13.2. The number of esters is 1. The van der Waals surface area contributed by atoms with Crippen LogP contribution in [0.4, 0.5) is 0 Å². The highest BCUT2D eigenvalue weighted by atomic mass is 16.5. The first-order valence-corrected chi connectivity index (χ1v) is 7.97. The molecule has 0 spiro atoms. The molecule has 0 radical (unpaired) electrons. The predicted octanol–water partition coefficient (Wildman–Crippen LogP) is 0.708. The Kier molecular flexibility index (Phi) is 4.93. The molecule has 1 aromatic carbocycles. The van der Waals surface area contributed by atoms with Crippen molar-refractivity contribution in [3.63, 3.8) is 0 Å². The second-order valence-corrected chi connectivity index (χ2v) is 6.14. The second-order valence-electron chi connectivity index (χ2n) is 6.14. The number of amides is 1. The summed E-state index contributed by atoms with van der Waals surface area (Å²) in [5, 5.41) is 2.71. The number of carbonyl (C=O) groups excluding carboxylic acids is 2. The van der Waals surface area contributed by atoms with Crippen LogP contribution in [-0.4, -0.2) is 54.7 Å². The summed E-state index contributed by atoms with van der Waals surface area (Å²) in [6, 6.07) is 9.51. The molecular weight excluding hydrogens is 296 g/mol. The highest BCUT2D eigenvalue weighted by Gasteiger charge is 2.43. The first kappa shape index (κ1) is 16.0. The van der Waals surface area contributed by atoms with Crippen LogP contribution in [0.3, 0.4) is 0 Å². The van der Waals surface area contributed by atoms with E-state index < -0.39 is 12.0 Å². The molecule has 124 valence electrons. The summed E-state index contributed by atoms with van der Waals surface area (Å²) in [4.78, 5) is 26.2. The summed E-state index contributed by atoms with van der Waals surface area (Å²) in [5.74, 6) is -0.569. The van der Waals surface area contributed by atoms with Crippen LogP contribution in [0.5, 0.6) is 0 Å². The number of benzene rings is 1. The topological polar surface area (TPSA) is 67.9 Å². The fourth-order valence-corrected chi connectivity index (χ4v) is 3.04. The van der Waals surface area contributed by atoms with Crippen LogP contribution in [0.25, 0.3) is 0 Å². The minimum absolute atomic E-state index is 0.147. The number of nitrogens with zero attached hydrogens (tertiary/aromatic N) is 1. The number of ether oxygens (including phenoxy) is 2. The van der Waals surface area contributed by atoms with Crippen molar-refractivity contribution in [1.82, 2.24) is 10.2 Å². The highest BCUT2D eigenvalue weighted by Crippen LogP contribution is 2.29. The summed E-state index contributed by atoms with van der Waals surface area (Å²) >= 11 is 0. The molecule has 2 bridgehead atoms. The Balaban J connectivity index is 1.40. The maximum atomic E-state index is 12.1. The molecular formula is C17H22N2O4. The van der Waals surface area contributed by atoms with E-state index >= 15 is 0 Å². The van der Waals surface area contributed by atoms with Gasteiger partial charge < -0.3 is 14.8 Å². The predicted molar refractivity (Wildman–Crippen MR) is 83.6 cm³/mol. The van der Waals surface area contributed by atoms with Crippen molar-refractivity contribution in [3.8, 4) is 0 Å². The normalized spacial score (nSPS) is 24.4. The fraction of sp³-hybridized carbons (Fsp3) is 0.529. The second kappa shape index (κ2) is 7.10. The Labute approximate surface area is 135 Å². The van der Waals surface area contributed by atoms with Crippen molar-refractivity contribution in [2.45, 2.75) is 38.1 Å². The quantitative estimate of drug-likeness (QED) is 0.782. The van der Waals surface area contributed by atoms with E-state index in [-0.39, 0.29) is 12.5 Å². The molecule has 0 saturated carbocycles. The van der Waals surface area contributed by atoms with Gasteiger partial charge in [-0.25, -0.2) is 4.79 Å². The molecule has 3 rings (SSSR count). The van der Waals surface area contributed by atoms with Gasteiger partial charge in [-0.05, 0) is 18.9 Å². The average Bonchev–Trinajstić information content (AvgIpc) is 2.59. The van der Waals surface area contributed by atoms with E-state index in [2.05, 4.69) is 10.2 Å². The van der Waals surface area contributed by atoms with Crippen molar-refractivity contribution < 1.29 is 19.1 Å². The highest BCUT2D eigenvalue weighted by molar-refractivity contribution is 5.85. The Morgan fingerprint density at radius 2 is 2.00 bits per heavy atom. The van der Waals surface area contributed by atoms with Crippen LogP contribution in [0.2, 0.25) is 0 Å². The van der Waals surface area contributed by atoms with Gasteiger partial charge in [0, 0.05) is 12.1 Å². The molecule has 1 N–H and O–H groups in total. The molecule has 2 heterocycles. The van der Waals surface area contributed by atoms with Crippen LogP contribution in [0, 0.1) is 0 Å². The van der Waals surface area contributed by atoms with Crippen LogP contribution in [0.1, 0.15) is 18.9 Å².